The molecule has 0 radical (unpaired) electrons. The Morgan fingerprint density at radius 1 is 1.05 bits per heavy atom. The highest BCUT2D eigenvalue weighted by Gasteiger charge is 2.12. The van der Waals surface area contributed by atoms with E-state index in [2.05, 4.69) is 5.32 Å². The van der Waals surface area contributed by atoms with Gasteiger partial charge in [-0.1, -0.05) is 0 Å². The molecule has 2 amide bonds. The van der Waals surface area contributed by atoms with E-state index in [1.54, 1.807) is 29.2 Å². The molecule has 0 atom stereocenters. The number of carboxylic acids is 1. The van der Waals surface area contributed by atoms with E-state index in [1.807, 2.05) is 13.8 Å². The van der Waals surface area contributed by atoms with Crippen molar-refractivity contribution in [1.82, 2.24) is 4.90 Å². The summed E-state index contributed by atoms with van der Waals surface area (Å²) in [4.78, 5) is 35.9. The second-order valence-electron chi connectivity index (χ2n) is 4.85. The van der Waals surface area contributed by atoms with Crippen LogP contribution in [0.2, 0.25) is 0 Å². The zero-order chi connectivity index (χ0) is 16.5. The fraction of sp³-hybridized carbons (Fsp3) is 0.438. The molecular weight excluding hydrogens is 284 g/mol. The molecule has 22 heavy (non-hydrogen) atoms. The predicted molar refractivity (Wildman–Crippen MR) is 83.8 cm³/mol. The Balaban J connectivity index is 2.56. The average Bonchev–Trinajstić information content (AvgIpc) is 2.48. The van der Waals surface area contributed by atoms with Crippen LogP contribution in [0, 0.1) is 0 Å². The van der Waals surface area contributed by atoms with E-state index in [9.17, 15) is 14.4 Å². The van der Waals surface area contributed by atoms with Gasteiger partial charge in [0.05, 0.1) is 0 Å². The standard InChI is InChI=1S/C16H22N2O4/c1-3-18(4-2)16(22)12-8-10-13(11-9-12)17-14(19)6-5-7-15(20)21/h8-11H,3-7H2,1-2H3,(H,17,19)(H,20,21). The van der Waals surface area contributed by atoms with E-state index in [1.165, 1.54) is 0 Å². The molecule has 0 heterocycles. The van der Waals surface area contributed by atoms with Gasteiger partial charge in [-0.05, 0) is 44.5 Å². The minimum atomic E-state index is -0.910. The van der Waals surface area contributed by atoms with Gasteiger partial charge in [-0.3, -0.25) is 14.4 Å². The maximum atomic E-state index is 12.1. The summed E-state index contributed by atoms with van der Waals surface area (Å²) in [7, 11) is 0. The Kier molecular flexibility index (Phi) is 7.08. The van der Waals surface area contributed by atoms with Crippen molar-refractivity contribution in [2.45, 2.75) is 33.1 Å². The third kappa shape index (κ3) is 5.55. The smallest absolute Gasteiger partial charge is 0.303 e. The van der Waals surface area contributed by atoms with Crippen molar-refractivity contribution in [1.29, 1.82) is 0 Å². The number of nitrogens with zero attached hydrogens (tertiary/aromatic N) is 1. The largest absolute Gasteiger partial charge is 0.481 e. The highest BCUT2D eigenvalue weighted by atomic mass is 16.4. The number of rotatable bonds is 8. The van der Waals surface area contributed by atoms with Gasteiger partial charge in [-0.15, -0.1) is 0 Å². The Morgan fingerprint density at radius 2 is 1.64 bits per heavy atom. The third-order valence-corrected chi connectivity index (χ3v) is 3.26. The fourth-order valence-corrected chi connectivity index (χ4v) is 2.01. The SMILES string of the molecule is CCN(CC)C(=O)c1ccc(NC(=O)CCCC(=O)O)cc1. The molecular formula is C16H22N2O4. The summed E-state index contributed by atoms with van der Waals surface area (Å²) in [6.45, 7) is 5.15. The molecule has 2 N–H and O–H groups in total. The quantitative estimate of drug-likeness (QED) is 0.772. The van der Waals surface area contributed by atoms with E-state index >= 15 is 0 Å². The third-order valence-electron chi connectivity index (χ3n) is 3.26. The molecule has 0 saturated heterocycles. The van der Waals surface area contributed by atoms with Gasteiger partial charge in [0.15, 0.2) is 0 Å². The van der Waals surface area contributed by atoms with Crippen LogP contribution in [0.1, 0.15) is 43.5 Å². The van der Waals surface area contributed by atoms with Crippen LogP contribution in [0.25, 0.3) is 0 Å². The summed E-state index contributed by atoms with van der Waals surface area (Å²) in [5, 5.41) is 11.2. The van der Waals surface area contributed by atoms with E-state index in [4.69, 9.17) is 5.11 Å². The van der Waals surface area contributed by atoms with Crippen molar-refractivity contribution in [2.24, 2.45) is 0 Å². The van der Waals surface area contributed by atoms with Crippen molar-refractivity contribution in [2.75, 3.05) is 18.4 Å². The number of nitrogens with one attached hydrogen (secondary N) is 1. The van der Waals surface area contributed by atoms with Crippen LogP contribution < -0.4 is 5.32 Å². The van der Waals surface area contributed by atoms with Crippen molar-refractivity contribution in [3.05, 3.63) is 29.8 Å². The molecule has 0 aliphatic carbocycles. The zero-order valence-corrected chi connectivity index (χ0v) is 13.0. The van der Waals surface area contributed by atoms with Crippen LogP contribution in [-0.2, 0) is 9.59 Å². The second-order valence-corrected chi connectivity index (χ2v) is 4.85. The number of benzene rings is 1. The first-order valence-corrected chi connectivity index (χ1v) is 7.38. The number of hydrogen-bond donors (Lipinski definition) is 2. The van der Waals surface area contributed by atoms with Crippen LogP contribution in [0.4, 0.5) is 5.69 Å². The van der Waals surface area contributed by atoms with Gasteiger partial charge in [-0.25, -0.2) is 0 Å². The first-order valence-electron chi connectivity index (χ1n) is 7.38. The summed E-state index contributed by atoms with van der Waals surface area (Å²) < 4.78 is 0. The first kappa shape index (κ1) is 17.7. The summed E-state index contributed by atoms with van der Waals surface area (Å²) in [6.07, 6.45) is 0.441. The summed E-state index contributed by atoms with van der Waals surface area (Å²) in [5.74, 6) is -1.18. The molecule has 0 bridgehead atoms. The Labute approximate surface area is 130 Å². The summed E-state index contributed by atoms with van der Waals surface area (Å²) in [5.41, 5.74) is 1.17. The molecule has 1 aromatic carbocycles. The minimum absolute atomic E-state index is 0.0231. The van der Waals surface area contributed by atoms with E-state index in [0.29, 0.717) is 30.8 Å². The second kappa shape index (κ2) is 8.81. The summed E-state index contributed by atoms with van der Waals surface area (Å²) in [6, 6.07) is 6.69. The van der Waals surface area contributed by atoms with E-state index < -0.39 is 5.97 Å². The molecule has 0 aromatic heterocycles. The monoisotopic (exact) mass is 306 g/mol. The molecule has 0 spiro atoms. The van der Waals surface area contributed by atoms with Crippen LogP contribution >= 0.6 is 0 Å². The number of carbonyl (C=O) groups is 3. The average molecular weight is 306 g/mol. The molecule has 120 valence electrons. The van der Waals surface area contributed by atoms with Crippen LogP contribution in [-0.4, -0.2) is 40.9 Å². The van der Waals surface area contributed by atoms with Gasteiger partial charge in [0, 0.05) is 37.2 Å². The Hall–Kier alpha value is -2.37. The number of anilines is 1. The normalized spacial score (nSPS) is 10.1. The Morgan fingerprint density at radius 3 is 2.14 bits per heavy atom. The Bertz CT molecular complexity index is 521. The van der Waals surface area contributed by atoms with E-state index in [-0.39, 0.29) is 24.7 Å². The topological polar surface area (TPSA) is 86.7 Å². The maximum Gasteiger partial charge on any atom is 0.303 e. The predicted octanol–water partition coefficient (Wildman–Crippen LogP) is 2.36. The lowest BCUT2D eigenvalue weighted by atomic mass is 10.1. The summed E-state index contributed by atoms with van der Waals surface area (Å²) >= 11 is 0. The van der Waals surface area contributed by atoms with Gasteiger partial charge in [0.25, 0.3) is 5.91 Å². The van der Waals surface area contributed by atoms with Gasteiger partial charge < -0.3 is 15.3 Å². The first-order chi connectivity index (χ1) is 10.5. The van der Waals surface area contributed by atoms with Crippen molar-refractivity contribution in [3.63, 3.8) is 0 Å². The van der Waals surface area contributed by atoms with E-state index in [0.717, 1.165) is 0 Å². The zero-order valence-electron chi connectivity index (χ0n) is 13.0. The van der Waals surface area contributed by atoms with Gasteiger partial charge in [-0.2, -0.15) is 0 Å². The lowest BCUT2D eigenvalue weighted by Gasteiger charge is -2.18. The van der Waals surface area contributed by atoms with Crippen molar-refractivity contribution < 1.29 is 19.5 Å². The van der Waals surface area contributed by atoms with Crippen LogP contribution in [0.3, 0.4) is 0 Å². The highest BCUT2D eigenvalue weighted by Crippen LogP contribution is 2.12. The number of hydrogen-bond acceptors (Lipinski definition) is 3. The molecule has 1 rings (SSSR count). The maximum absolute atomic E-state index is 12.1. The number of amides is 2. The minimum Gasteiger partial charge on any atom is -0.481 e. The lowest BCUT2D eigenvalue weighted by Crippen LogP contribution is -2.30. The molecule has 6 nitrogen and oxygen atoms in total. The van der Waals surface area contributed by atoms with Gasteiger partial charge >= 0.3 is 5.97 Å². The van der Waals surface area contributed by atoms with Crippen LogP contribution in [0.15, 0.2) is 24.3 Å². The highest BCUT2D eigenvalue weighted by molar-refractivity contribution is 5.95. The lowest BCUT2D eigenvalue weighted by molar-refractivity contribution is -0.137. The molecule has 0 saturated carbocycles. The van der Waals surface area contributed by atoms with Gasteiger partial charge in [0.1, 0.15) is 0 Å². The molecule has 1 aromatic rings. The molecule has 0 aliphatic heterocycles. The molecule has 0 unspecified atom stereocenters. The van der Waals surface area contributed by atoms with Gasteiger partial charge in [0.2, 0.25) is 5.91 Å². The number of carbonyl (C=O) groups excluding carboxylic acids is 2. The molecule has 6 heteroatoms. The molecule has 0 fully saturated rings. The van der Waals surface area contributed by atoms with Crippen LogP contribution in [0.5, 0.6) is 0 Å². The van der Waals surface area contributed by atoms with Crippen molar-refractivity contribution in [3.8, 4) is 0 Å². The fourth-order valence-electron chi connectivity index (χ4n) is 2.01. The number of carboxylic acid groups (broad SMARTS) is 1. The number of aliphatic carboxylic acids is 1. The van der Waals surface area contributed by atoms with Crippen molar-refractivity contribution >= 4 is 23.5 Å². The molecule has 0 aliphatic rings.